The number of ether oxygens (including phenoxy) is 1. The Morgan fingerprint density at radius 3 is 2.90 bits per heavy atom. The van der Waals surface area contributed by atoms with Gasteiger partial charge in [-0.3, -0.25) is 14.6 Å². The van der Waals surface area contributed by atoms with Gasteiger partial charge >= 0.3 is 5.97 Å². The van der Waals surface area contributed by atoms with E-state index in [4.69, 9.17) is 4.74 Å². The highest BCUT2D eigenvalue weighted by molar-refractivity contribution is 8.14. The number of aliphatic imine (C=N–C) groups is 1. The van der Waals surface area contributed by atoms with E-state index in [9.17, 15) is 14.4 Å². The molecule has 0 saturated carbocycles. The number of aromatic nitrogens is 1. The summed E-state index contributed by atoms with van der Waals surface area (Å²) in [7, 11) is 0. The van der Waals surface area contributed by atoms with Crippen molar-refractivity contribution in [2.75, 3.05) is 11.5 Å². The molecule has 3 atom stereocenters. The van der Waals surface area contributed by atoms with Crippen LogP contribution in [-0.4, -0.2) is 57.5 Å². The summed E-state index contributed by atoms with van der Waals surface area (Å²) in [5.74, 6) is -0.205. The Morgan fingerprint density at radius 2 is 2.16 bits per heavy atom. The van der Waals surface area contributed by atoms with Crippen molar-refractivity contribution in [3.05, 3.63) is 28.2 Å². The first kappa shape index (κ1) is 23.8. The van der Waals surface area contributed by atoms with Crippen molar-refractivity contribution in [3.8, 4) is 0 Å². The van der Waals surface area contributed by atoms with Crippen LogP contribution in [0.2, 0.25) is 0 Å². The molecular weight excluding hydrogens is 456 g/mol. The van der Waals surface area contributed by atoms with Crippen LogP contribution in [0.5, 0.6) is 0 Å². The van der Waals surface area contributed by atoms with Crippen LogP contribution in [0.3, 0.4) is 0 Å². The quantitative estimate of drug-likeness (QED) is 0.344. The Bertz CT molecular complexity index is 884. The summed E-state index contributed by atoms with van der Waals surface area (Å²) in [5.41, 5.74) is 0.703. The van der Waals surface area contributed by atoms with Gasteiger partial charge in [0.1, 0.15) is 33.9 Å². The number of nitrogens with one attached hydrogen (secondary N) is 2. The Balaban J connectivity index is 1.87. The van der Waals surface area contributed by atoms with E-state index in [0.717, 1.165) is 5.01 Å². The summed E-state index contributed by atoms with van der Waals surface area (Å²) in [5, 5.41) is 8.93. The Kier molecular flexibility index (Phi) is 8.56. The van der Waals surface area contributed by atoms with Crippen LogP contribution in [0.15, 0.2) is 22.5 Å². The number of hydrogen-bond acceptors (Lipinski definition) is 9. The zero-order valence-corrected chi connectivity index (χ0v) is 19.9. The van der Waals surface area contributed by atoms with Crippen molar-refractivity contribution in [1.29, 1.82) is 0 Å². The average molecular weight is 483 g/mol. The third kappa shape index (κ3) is 6.56. The van der Waals surface area contributed by atoms with Crippen LogP contribution in [0.1, 0.15) is 37.4 Å². The molecule has 2 amide bonds. The molecule has 31 heavy (non-hydrogen) atoms. The summed E-state index contributed by atoms with van der Waals surface area (Å²) in [6.45, 7) is 3.94. The molecular formula is C20H26N4O4S3. The molecule has 0 unspecified atom stereocenters. The third-order valence-electron chi connectivity index (χ3n) is 4.68. The largest absolute Gasteiger partial charge is 0.456 e. The Labute approximate surface area is 195 Å². The SMILES string of the molecule is CC(C)[C@@H]1NC(=O)[C@@H]2CSC(=N2)c2csc(n2)CNC(=O)C[C@@H](/C=C/CCS)OC1=O. The highest BCUT2D eigenvalue weighted by Gasteiger charge is 2.33. The van der Waals surface area contributed by atoms with Gasteiger partial charge in [0.25, 0.3) is 0 Å². The number of cyclic esters (lactones) is 1. The van der Waals surface area contributed by atoms with Gasteiger partial charge in [-0.05, 0) is 24.2 Å². The number of thiazole rings is 1. The summed E-state index contributed by atoms with van der Waals surface area (Å²) >= 11 is 7.05. The van der Waals surface area contributed by atoms with Gasteiger partial charge in [0.05, 0.1) is 13.0 Å². The molecule has 168 valence electrons. The van der Waals surface area contributed by atoms with Gasteiger partial charge in [-0.2, -0.15) is 12.6 Å². The van der Waals surface area contributed by atoms with E-state index in [-0.39, 0.29) is 30.7 Å². The van der Waals surface area contributed by atoms with Crippen LogP contribution in [0.4, 0.5) is 0 Å². The number of allylic oxidation sites excluding steroid dienone is 1. The molecule has 2 N–H and O–H groups in total. The van der Waals surface area contributed by atoms with Crippen molar-refractivity contribution in [1.82, 2.24) is 15.6 Å². The lowest BCUT2D eigenvalue weighted by Gasteiger charge is -2.24. The molecule has 0 spiro atoms. The molecule has 1 aromatic rings. The fraction of sp³-hybridized carbons (Fsp3) is 0.550. The molecule has 8 nitrogen and oxygen atoms in total. The highest BCUT2D eigenvalue weighted by Crippen LogP contribution is 2.25. The molecule has 0 radical (unpaired) electrons. The van der Waals surface area contributed by atoms with E-state index in [0.29, 0.717) is 28.7 Å². The van der Waals surface area contributed by atoms with E-state index in [1.807, 2.05) is 25.3 Å². The Morgan fingerprint density at radius 1 is 1.35 bits per heavy atom. The van der Waals surface area contributed by atoms with Crippen molar-refractivity contribution >= 4 is 58.6 Å². The fourth-order valence-electron chi connectivity index (χ4n) is 3.01. The fourth-order valence-corrected chi connectivity index (χ4v) is 4.95. The van der Waals surface area contributed by atoms with Crippen LogP contribution >= 0.6 is 35.7 Å². The van der Waals surface area contributed by atoms with Gasteiger partial charge in [0.15, 0.2) is 0 Å². The number of hydrogen-bond donors (Lipinski definition) is 3. The first-order chi connectivity index (χ1) is 14.9. The number of thioether (sulfide) groups is 1. The summed E-state index contributed by atoms with van der Waals surface area (Å²) in [6, 6.07) is -1.42. The van der Waals surface area contributed by atoms with Gasteiger partial charge in [0, 0.05) is 11.1 Å². The molecule has 0 aromatic carbocycles. The van der Waals surface area contributed by atoms with Crippen molar-refractivity contribution in [3.63, 3.8) is 0 Å². The maximum absolute atomic E-state index is 12.9. The Hall–Kier alpha value is -1.85. The lowest BCUT2D eigenvalue weighted by Crippen LogP contribution is -2.49. The number of carbonyl (C=O) groups excluding carboxylic acids is 3. The zero-order valence-electron chi connectivity index (χ0n) is 17.4. The zero-order chi connectivity index (χ0) is 22.4. The number of rotatable bonds is 4. The maximum Gasteiger partial charge on any atom is 0.329 e. The van der Waals surface area contributed by atoms with Crippen molar-refractivity contribution in [2.45, 2.75) is 51.4 Å². The molecule has 0 aliphatic carbocycles. The lowest BCUT2D eigenvalue weighted by molar-refractivity contribution is -0.153. The lowest BCUT2D eigenvalue weighted by atomic mass is 10.0. The number of thiol groups is 1. The number of amides is 2. The number of nitrogens with zero attached hydrogens (tertiary/aromatic N) is 2. The van der Waals surface area contributed by atoms with E-state index in [1.165, 1.54) is 23.1 Å². The summed E-state index contributed by atoms with van der Waals surface area (Å²) in [6.07, 6.45) is 3.46. The van der Waals surface area contributed by atoms with Crippen LogP contribution in [0, 0.1) is 5.92 Å². The van der Waals surface area contributed by atoms with Crippen molar-refractivity contribution < 1.29 is 19.1 Å². The van der Waals surface area contributed by atoms with Crippen molar-refractivity contribution in [2.24, 2.45) is 10.9 Å². The van der Waals surface area contributed by atoms with Crippen LogP contribution in [-0.2, 0) is 25.7 Å². The van der Waals surface area contributed by atoms with Gasteiger partial charge in [-0.25, -0.2) is 9.78 Å². The number of carbonyl (C=O) groups is 3. The second-order valence-corrected chi connectivity index (χ2v) is 9.91. The predicted molar refractivity (Wildman–Crippen MR) is 126 cm³/mol. The molecule has 3 heterocycles. The van der Waals surface area contributed by atoms with Gasteiger partial charge in [-0.1, -0.05) is 19.9 Å². The van der Waals surface area contributed by atoms with E-state index in [1.54, 1.807) is 6.08 Å². The third-order valence-corrected chi connectivity index (χ3v) is 6.86. The summed E-state index contributed by atoms with van der Waals surface area (Å²) in [4.78, 5) is 47.1. The molecule has 2 aliphatic rings. The number of fused-ring (bicyclic) bond motifs is 4. The van der Waals surface area contributed by atoms with Gasteiger partial charge in [-0.15, -0.1) is 23.1 Å². The summed E-state index contributed by atoms with van der Waals surface area (Å²) < 4.78 is 5.62. The van der Waals surface area contributed by atoms with Crippen LogP contribution in [0.25, 0.3) is 0 Å². The molecule has 1 aromatic heterocycles. The van der Waals surface area contributed by atoms with E-state index < -0.39 is 24.2 Å². The normalized spacial score (nSPS) is 25.4. The minimum Gasteiger partial charge on any atom is -0.456 e. The molecule has 4 bridgehead atoms. The molecule has 11 heteroatoms. The van der Waals surface area contributed by atoms with Crippen LogP contribution < -0.4 is 10.6 Å². The minimum absolute atomic E-state index is 0.0169. The molecule has 0 saturated heterocycles. The monoisotopic (exact) mass is 482 g/mol. The average Bonchev–Trinajstić information content (AvgIpc) is 3.39. The second kappa shape index (κ2) is 11.1. The first-order valence-electron chi connectivity index (χ1n) is 10.1. The minimum atomic E-state index is -0.834. The highest BCUT2D eigenvalue weighted by atomic mass is 32.2. The maximum atomic E-state index is 12.9. The second-order valence-electron chi connectivity index (χ2n) is 7.51. The predicted octanol–water partition coefficient (Wildman–Crippen LogP) is 1.95. The molecule has 0 fully saturated rings. The number of esters is 1. The standard InChI is InChI=1S/C20H26N4O4S3/c1-11(2)17-20(27)28-12(5-3-4-6-29)7-15(25)21-8-16-22-14(10-30-16)19-23-13(9-31-19)18(26)24-17/h3,5,10-13,17,29H,4,6-9H2,1-2H3,(H,21,25)(H,24,26)/b5-3+/t12-,13+,17+/m1/s1. The van der Waals surface area contributed by atoms with E-state index >= 15 is 0 Å². The smallest absolute Gasteiger partial charge is 0.329 e. The topological polar surface area (TPSA) is 110 Å². The first-order valence-corrected chi connectivity index (χ1v) is 12.6. The molecule has 3 rings (SSSR count). The van der Waals surface area contributed by atoms with Gasteiger partial charge in [0.2, 0.25) is 11.8 Å². The van der Waals surface area contributed by atoms with Gasteiger partial charge < -0.3 is 15.4 Å². The van der Waals surface area contributed by atoms with E-state index in [2.05, 4.69) is 33.2 Å². The molecule has 2 aliphatic heterocycles.